The van der Waals surface area contributed by atoms with Crippen LogP contribution in [0.3, 0.4) is 0 Å². The molecule has 22 heteroatoms. The molecule has 2 aromatic heterocycles. The van der Waals surface area contributed by atoms with Gasteiger partial charge in [-0.1, -0.05) is 64.1 Å². The topological polar surface area (TPSA) is 356 Å². The number of aliphatic hydroxyl groups is 1. The average Bonchev–Trinajstić information content (AvgIpc) is 3.90. The number of benzene rings is 2. The number of carboxylic acids is 2. The number of hydrogen-bond acceptors (Lipinski definition) is 11. The summed E-state index contributed by atoms with van der Waals surface area (Å²) in [5, 5.41) is 48.4. The number of amides is 7. The lowest BCUT2D eigenvalue weighted by Crippen LogP contribution is -2.60. The molecule has 22 nitrogen and oxygen atoms in total. The first kappa shape index (κ1) is 55.3. The van der Waals surface area contributed by atoms with Crippen molar-refractivity contribution < 1.29 is 58.5 Å². The van der Waals surface area contributed by atoms with E-state index in [0.29, 0.717) is 22.0 Å². The van der Waals surface area contributed by atoms with Crippen LogP contribution in [0.4, 0.5) is 0 Å². The quantitative estimate of drug-likeness (QED) is 0.0401. The molecule has 0 aliphatic rings. The van der Waals surface area contributed by atoms with E-state index in [1.165, 1.54) is 20.8 Å². The van der Waals surface area contributed by atoms with Crippen molar-refractivity contribution in [3.05, 3.63) is 72.1 Å². The van der Waals surface area contributed by atoms with Gasteiger partial charge in [0.1, 0.15) is 48.3 Å². The number of para-hydroxylation sites is 2. The van der Waals surface area contributed by atoms with Crippen molar-refractivity contribution in [1.29, 1.82) is 0 Å². The van der Waals surface area contributed by atoms with Crippen LogP contribution in [-0.4, -0.2) is 133 Å². The first-order chi connectivity index (χ1) is 32.9. The van der Waals surface area contributed by atoms with E-state index in [4.69, 9.17) is 5.73 Å². The van der Waals surface area contributed by atoms with E-state index in [9.17, 15) is 58.5 Å². The summed E-state index contributed by atoms with van der Waals surface area (Å²) >= 11 is 0. The lowest BCUT2D eigenvalue weighted by atomic mass is 10.0. The Balaban J connectivity index is 1.58. The zero-order valence-electron chi connectivity index (χ0n) is 40.3. The van der Waals surface area contributed by atoms with Gasteiger partial charge in [0.2, 0.25) is 41.4 Å². The average molecular weight is 975 g/mol. The number of carbonyl (C=O) groups is 9. The van der Waals surface area contributed by atoms with Gasteiger partial charge in [-0.05, 0) is 68.7 Å². The maximum absolute atomic E-state index is 14.3. The normalized spacial score (nSPS) is 15.3. The number of aromatic nitrogens is 2. The van der Waals surface area contributed by atoms with Crippen LogP contribution in [0, 0.1) is 11.8 Å². The van der Waals surface area contributed by atoms with Gasteiger partial charge in [0.05, 0.1) is 12.5 Å². The Labute approximate surface area is 404 Å². The number of nitrogens with two attached hydrogens (primary N) is 1. The number of aliphatic carboxylic acids is 2. The highest BCUT2D eigenvalue weighted by Gasteiger charge is 2.35. The number of aliphatic hydroxyl groups excluding tert-OH is 1. The number of rotatable bonds is 26. The molecule has 9 atom stereocenters. The summed E-state index contributed by atoms with van der Waals surface area (Å²) in [4.78, 5) is 126. The summed E-state index contributed by atoms with van der Waals surface area (Å²) in [6.07, 6.45) is 0.965. The minimum atomic E-state index is -1.80. The Bertz CT molecular complexity index is 2520. The highest BCUT2D eigenvalue weighted by Crippen LogP contribution is 2.21. The molecule has 0 fully saturated rings. The fourth-order valence-electron chi connectivity index (χ4n) is 7.62. The molecule has 0 bridgehead atoms. The lowest BCUT2D eigenvalue weighted by Gasteiger charge is -2.27. The number of nitrogens with one attached hydrogen (secondary N) is 9. The smallest absolute Gasteiger partial charge is 0.326 e. The molecule has 70 heavy (non-hydrogen) atoms. The van der Waals surface area contributed by atoms with Gasteiger partial charge in [-0.15, -0.1) is 0 Å². The standard InChI is InChI=1S/C48H66N10O12/c1-23(2)16-34(54-42(63)26(6)53-47(68)40(49)27(7)59)44(65)57-37(20-39(60)61)46(67)56-35(18-28-21-50-32-14-10-8-12-30(28)32)43(64)52-25(5)41(62)55-36(45(66)58-38(48(69)70)17-24(3)4)19-29-22-51-33-15-11-9-13-31(29)33/h8-15,21-27,34-38,40,50-51,59H,16-20,49H2,1-7H3,(H,52,64)(H,53,68)(H,54,63)(H,55,62)(H,56,67)(H,57,65)(H,58,66)(H,60,61)(H,69,70). The molecule has 0 saturated carbocycles. The molecule has 2 heterocycles. The third kappa shape index (κ3) is 15.9. The van der Waals surface area contributed by atoms with Crippen LogP contribution in [-0.2, 0) is 56.0 Å². The molecule has 0 saturated heterocycles. The largest absolute Gasteiger partial charge is 0.481 e. The van der Waals surface area contributed by atoms with Gasteiger partial charge in [0, 0.05) is 47.0 Å². The van der Waals surface area contributed by atoms with Crippen molar-refractivity contribution in [2.75, 3.05) is 0 Å². The van der Waals surface area contributed by atoms with Crippen LogP contribution in [0.25, 0.3) is 21.8 Å². The number of carbonyl (C=O) groups excluding carboxylic acids is 7. The van der Waals surface area contributed by atoms with Crippen LogP contribution in [0.1, 0.15) is 78.9 Å². The van der Waals surface area contributed by atoms with Crippen molar-refractivity contribution >= 4 is 75.1 Å². The first-order valence-corrected chi connectivity index (χ1v) is 23.1. The van der Waals surface area contributed by atoms with Crippen molar-refractivity contribution in [3.8, 4) is 0 Å². The van der Waals surface area contributed by atoms with Crippen LogP contribution in [0.2, 0.25) is 0 Å². The van der Waals surface area contributed by atoms with Crippen LogP contribution in [0.5, 0.6) is 0 Å². The van der Waals surface area contributed by atoms with Gasteiger partial charge in [-0.3, -0.25) is 38.4 Å². The van der Waals surface area contributed by atoms with Crippen LogP contribution < -0.4 is 43.0 Å². The van der Waals surface area contributed by atoms with Crippen LogP contribution >= 0.6 is 0 Å². The van der Waals surface area contributed by atoms with E-state index in [1.807, 2.05) is 18.2 Å². The number of aromatic amines is 2. The Kier molecular flexibility index (Phi) is 20.0. The van der Waals surface area contributed by atoms with E-state index >= 15 is 0 Å². The number of fused-ring (bicyclic) bond motifs is 2. The maximum Gasteiger partial charge on any atom is 0.326 e. The molecule has 9 unspecified atom stereocenters. The van der Waals surface area contributed by atoms with Crippen molar-refractivity contribution in [1.82, 2.24) is 47.2 Å². The van der Waals surface area contributed by atoms with Crippen molar-refractivity contribution in [2.45, 2.75) is 135 Å². The van der Waals surface area contributed by atoms with Gasteiger partial charge in [-0.2, -0.15) is 0 Å². The monoisotopic (exact) mass is 974 g/mol. The Morgan fingerprint density at radius 2 is 0.871 bits per heavy atom. The second-order valence-electron chi connectivity index (χ2n) is 18.4. The van der Waals surface area contributed by atoms with Gasteiger partial charge >= 0.3 is 11.9 Å². The molecule has 7 amide bonds. The molecule has 4 aromatic rings. The summed E-state index contributed by atoms with van der Waals surface area (Å²) in [5.74, 6) is -9.29. The minimum absolute atomic E-state index is 0.0147. The van der Waals surface area contributed by atoms with E-state index < -0.39 is 114 Å². The molecule has 0 aliphatic heterocycles. The van der Waals surface area contributed by atoms with E-state index in [2.05, 4.69) is 47.2 Å². The molecule has 0 spiro atoms. The molecule has 0 radical (unpaired) electrons. The summed E-state index contributed by atoms with van der Waals surface area (Å²) in [6, 6.07) is 3.19. The Morgan fingerprint density at radius 1 is 0.500 bits per heavy atom. The predicted molar refractivity (Wildman–Crippen MR) is 257 cm³/mol. The first-order valence-electron chi connectivity index (χ1n) is 23.1. The summed E-state index contributed by atoms with van der Waals surface area (Å²) in [7, 11) is 0. The number of carboxylic acid groups (broad SMARTS) is 2. The second kappa shape index (κ2) is 25.3. The number of hydrogen-bond donors (Lipinski definition) is 13. The van der Waals surface area contributed by atoms with E-state index in [0.717, 1.165) is 10.9 Å². The summed E-state index contributed by atoms with van der Waals surface area (Å²) in [6.45, 7) is 11.0. The molecule has 4 rings (SSSR count). The summed E-state index contributed by atoms with van der Waals surface area (Å²) < 4.78 is 0. The third-order valence-electron chi connectivity index (χ3n) is 11.5. The Hall–Kier alpha value is -7.33. The minimum Gasteiger partial charge on any atom is -0.481 e. The molecule has 2 aromatic carbocycles. The van der Waals surface area contributed by atoms with E-state index in [1.54, 1.807) is 70.4 Å². The zero-order chi connectivity index (χ0) is 52.0. The highest BCUT2D eigenvalue weighted by molar-refractivity contribution is 5.99. The van der Waals surface area contributed by atoms with Gasteiger partial charge in [-0.25, -0.2) is 4.79 Å². The Morgan fingerprint density at radius 3 is 1.33 bits per heavy atom. The molecule has 0 aliphatic carbocycles. The van der Waals surface area contributed by atoms with Crippen molar-refractivity contribution in [3.63, 3.8) is 0 Å². The fourth-order valence-corrected chi connectivity index (χ4v) is 7.62. The van der Waals surface area contributed by atoms with Gasteiger partial charge in [0.15, 0.2) is 0 Å². The van der Waals surface area contributed by atoms with Gasteiger partial charge in [0.25, 0.3) is 0 Å². The highest BCUT2D eigenvalue weighted by atomic mass is 16.4. The maximum atomic E-state index is 14.3. The van der Waals surface area contributed by atoms with Gasteiger partial charge < -0.3 is 68.2 Å². The fraction of sp³-hybridized carbons (Fsp3) is 0.479. The van der Waals surface area contributed by atoms with Crippen molar-refractivity contribution in [2.24, 2.45) is 17.6 Å². The third-order valence-corrected chi connectivity index (χ3v) is 11.5. The number of H-pyrrole nitrogens is 2. The zero-order valence-corrected chi connectivity index (χ0v) is 40.3. The molecular weight excluding hydrogens is 909 g/mol. The molecule has 14 N–H and O–H groups in total. The SMILES string of the molecule is CC(C)CC(NC(=O)C(Cc1c[nH]c2ccccc12)NC(=O)C(C)NC(=O)C(Cc1c[nH]c2ccccc12)NC(=O)C(CC(=O)O)NC(=O)C(CC(C)C)NC(=O)C(C)NC(=O)C(N)C(C)O)C(=O)O. The van der Waals surface area contributed by atoms with E-state index in [-0.39, 0.29) is 37.5 Å². The lowest BCUT2D eigenvalue weighted by molar-refractivity contribution is -0.143. The second-order valence-corrected chi connectivity index (χ2v) is 18.4. The predicted octanol–water partition coefficient (Wildman–Crippen LogP) is 0.227. The molecular formula is C48H66N10O12. The van der Waals surface area contributed by atoms with Crippen LogP contribution in [0.15, 0.2) is 60.9 Å². The molecule has 380 valence electrons. The summed E-state index contributed by atoms with van der Waals surface area (Å²) in [5.41, 5.74) is 8.32.